The number of rotatable bonds is 3. The van der Waals surface area contributed by atoms with Crippen molar-refractivity contribution in [3.8, 4) is 34.2 Å². The Kier molecular flexibility index (Phi) is 5.72. The summed E-state index contributed by atoms with van der Waals surface area (Å²) in [6.07, 6.45) is 3.63. The van der Waals surface area contributed by atoms with Crippen molar-refractivity contribution in [1.82, 2.24) is 29.1 Å². The summed E-state index contributed by atoms with van der Waals surface area (Å²) in [4.78, 5) is 19.8. The van der Waals surface area contributed by atoms with Gasteiger partial charge in [0.15, 0.2) is 5.58 Å². The van der Waals surface area contributed by atoms with Crippen LogP contribution in [0.1, 0.15) is 25.0 Å². The lowest BCUT2D eigenvalue weighted by Gasteiger charge is -2.21. The van der Waals surface area contributed by atoms with Crippen molar-refractivity contribution in [2.45, 2.75) is 19.3 Å². The van der Waals surface area contributed by atoms with Crippen LogP contribution in [0.4, 0.5) is 0 Å². The molecule has 11 aromatic rings. The number of nitrogens with zero attached hydrogens (tertiary/aromatic N) is 6. The molecule has 0 atom stereocenters. The number of imidazole rings is 1. The molecule has 12 rings (SSSR count). The Morgan fingerprint density at radius 2 is 1.20 bits per heavy atom. The van der Waals surface area contributed by atoms with Gasteiger partial charge < -0.3 is 8.98 Å². The van der Waals surface area contributed by atoms with Crippen molar-refractivity contribution in [1.29, 1.82) is 0 Å². The fourth-order valence-corrected chi connectivity index (χ4v) is 8.98. The number of pyridine rings is 2. The number of benzene rings is 6. The molecule has 0 bridgehead atoms. The van der Waals surface area contributed by atoms with E-state index in [1.807, 2.05) is 48.8 Å². The Morgan fingerprint density at radius 1 is 0.519 bits per heavy atom. The summed E-state index contributed by atoms with van der Waals surface area (Å²) in [7, 11) is 0. The van der Waals surface area contributed by atoms with E-state index in [0.717, 1.165) is 49.7 Å². The minimum Gasteiger partial charge on any atom is -0.434 e. The standard InChI is InChI=1S/C47H30N6O/c1-47(2)35-15-5-3-11-29(35)33-25-34-30-12-4-7-17-38(30)52(39(34)26-36(33)47)27-19-21-28(22-20-27)53-44-32-14-10-24-49-42(32)41-31(13-9-23-48-41)43(44)51-45(53)46-50-37-16-6-8-18-40(37)54-46/h3-26H,1-2H3. The summed E-state index contributed by atoms with van der Waals surface area (Å²) in [6.45, 7) is 4.68. The summed E-state index contributed by atoms with van der Waals surface area (Å²) in [5, 5.41) is 4.37. The lowest BCUT2D eigenvalue weighted by Crippen LogP contribution is -2.14. The molecule has 0 amide bonds. The maximum atomic E-state index is 6.40. The Balaban J connectivity index is 1.11. The van der Waals surface area contributed by atoms with E-state index in [9.17, 15) is 0 Å². The molecule has 54 heavy (non-hydrogen) atoms. The van der Waals surface area contributed by atoms with E-state index in [0.29, 0.717) is 17.3 Å². The molecule has 7 nitrogen and oxygen atoms in total. The Labute approximate surface area is 308 Å². The van der Waals surface area contributed by atoms with Crippen LogP contribution < -0.4 is 0 Å². The first kappa shape index (κ1) is 29.5. The summed E-state index contributed by atoms with van der Waals surface area (Å²) >= 11 is 0. The van der Waals surface area contributed by atoms with E-state index >= 15 is 0 Å². The molecule has 254 valence electrons. The lowest BCUT2D eigenvalue weighted by atomic mass is 9.82. The molecule has 1 aliphatic carbocycles. The van der Waals surface area contributed by atoms with Crippen molar-refractivity contribution < 1.29 is 4.42 Å². The molecular weight excluding hydrogens is 665 g/mol. The fourth-order valence-electron chi connectivity index (χ4n) is 8.98. The highest BCUT2D eigenvalue weighted by molar-refractivity contribution is 6.21. The molecule has 1 aliphatic rings. The van der Waals surface area contributed by atoms with E-state index < -0.39 is 0 Å². The molecule has 7 heteroatoms. The molecule has 0 unspecified atom stereocenters. The molecule has 0 saturated carbocycles. The van der Waals surface area contributed by atoms with Crippen LogP contribution in [0.3, 0.4) is 0 Å². The van der Waals surface area contributed by atoms with Crippen molar-refractivity contribution in [3.05, 3.63) is 157 Å². The quantitative estimate of drug-likeness (QED) is 0.172. The Morgan fingerprint density at radius 3 is 2.04 bits per heavy atom. The molecule has 0 spiro atoms. The van der Waals surface area contributed by atoms with Gasteiger partial charge in [0.1, 0.15) is 5.52 Å². The first-order chi connectivity index (χ1) is 26.5. The van der Waals surface area contributed by atoms with E-state index in [1.165, 1.54) is 44.1 Å². The van der Waals surface area contributed by atoms with Crippen LogP contribution in [0.25, 0.3) is 100.0 Å². The molecule has 0 aliphatic heterocycles. The Hall–Kier alpha value is -7.12. The highest BCUT2D eigenvalue weighted by Gasteiger charge is 2.36. The van der Waals surface area contributed by atoms with Crippen molar-refractivity contribution in [3.63, 3.8) is 0 Å². The van der Waals surface area contributed by atoms with E-state index in [4.69, 9.17) is 24.4 Å². The summed E-state index contributed by atoms with van der Waals surface area (Å²) < 4.78 is 11.0. The predicted molar refractivity (Wildman–Crippen MR) is 217 cm³/mol. The number of hydrogen-bond donors (Lipinski definition) is 0. The van der Waals surface area contributed by atoms with Crippen LogP contribution >= 0.6 is 0 Å². The minimum atomic E-state index is -0.105. The number of aromatic nitrogens is 6. The van der Waals surface area contributed by atoms with Crippen molar-refractivity contribution in [2.24, 2.45) is 0 Å². The fraction of sp³-hybridized carbons (Fsp3) is 0.0638. The van der Waals surface area contributed by atoms with E-state index in [2.05, 4.69) is 120 Å². The minimum absolute atomic E-state index is 0.105. The highest BCUT2D eigenvalue weighted by Crippen LogP contribution is 2.51. The number of hydrogen-bond acceptors (Lipinski definition) is 5. The SMILES string of the molecule is CC1(C)c2ccccc2-c2cc3c4ccccc4n(-c4ccc(-n5c(-c6nc7ccccc7o6)nc6c7cccnc7c7ncccc7c65)cc4)c3cc21. The maximum Gasteiger partial charge on any atom is 0.264 e. The van der Waals surface area contributed by atoms with Gasteiger partial charge in [0, 0.05) is 50.7 Å². The Bertz CT molecular complexity index is 3330. The maximum absolute atomic E-state index is 6.40. The second kappa shape index (κ2) is 10.5. The van der Waals surface area contributed by atoms with E-state index in [-0.39, 0.29) is 5.41 Å². The van der Waals surface area contributed by atoms with Gasteiger partial charge in [-0.3, -0.25) is 14.5 Å². The third kappa shape index (κ3) is 3.85. The zero-order valence-electron chi connectivity index (χ0n) is 29.4. The zero-order valence-corrected chi connectivity index (χ0v) is 29.4. The molecule has 0 saturated heterocycles. The van der Waals surface area contributed by atoms with Gasteiger partial charge in [-0.2, -0.15) is 0 Å². The monoisotopic (exact) mass is 694 g/mol. The predicted octanol–water partition coefficient (Wildman–Crippen LogP) is 11.3. The molecular formula is C47H30N6O. The molecule has 0 fully saturated rings. The summed E-state index contributed by atoms with van der Waals surface area (Å²) in [6, 6.07) is 47.1. The van der Waals surface area contributed by atoms with Gasteiger partial charge in [-0.1, -0.05) is 68.4 Å². The molecule has 5 heterocycles. The third-order valence-corrected chi connectivity index (χ3v) is 11.5. The normalized spacial score (nSPS) is 13.5. The van der Waals surface area contributed by atoms with Crippen LogP contribution in [0.5, 0.6) is 0 Å². The molecule has 6 aromatic carbocycles. The zero-order chi connectivity index (χ0) is 35.7. The van der Waals surface area contributed by atoms with Gasteiger partial charge in [-0.25, -0.2) is 9.97 Å². The van der Waals surface area contributed by atoms with Gasteiger partial charge in [0.05, 0.1) is 33.1 Å². The van der Waals surface area contributed by atoms with Gasteiger partial charge in [-0.05, 0) is 101 Å². The number of fused-ring (bicyclic) bond motifs is 13. The molecule has 5 aromatic heterocycles. The molecule has 0 radical (unpaired) electrons. The van der Waals surface area contributed by atoms with Crippen LogP contribution in [-0.2, 0) is 5.41 Å². The van der Waals surface area contributed by atoms with Crippen LogP contribution in [-0.4, -0.2) is 29.1 Å². The highest BCUT2D eigenvalue weighted by atomic mass is 16.3. The lowest BCUT2D eigenvalue weighted by molar-refractivity contribution is 0.612. The second-order valence-corrected chi connectivity index (χ2v) is 14.7. The van der Waals surface area contributed by atoms with Gasteiger partial charge in [-0.15, -0.1) is 0 Å². The van der Waals surface area contributed by atoms with Gasteiger partial charge >= 0.3 is 0 Å². The third-order valence-electron chi connectivity index (χ3n) is 11.5. The first-order valence-corrected chi connectivity index (χ1v) is 18.2. The van der Waals surface area contributed by atoms with Crippen molar-refractivity contribution >= 4 is 65.7 Å². The topological polar surface area (TPSA) is 74.6 Å². The average molecular weight is 695 g/mol. The summed E-state index contributed by atoms with van der Waals surface area (Å²) in [5.41, 5.74) is 14.5. The smallest absolute Gasteiger partial charge is 0.264 e. The number of oxazole rings is 1. The van der Waals surface area contributed by atoms with Crippen LogP contribution in [0.2, 0.25) is 0 Å². The van der Waals surface area contributed by atoms with Gasteiger partial charge in [0.25, 0.3) is 5.89 Å². The van der Waals surface area contributed by atoms with Crippen molar-refractivity contribution in [2.75, 3.05) is 0 Å². The second-order valence-electron chi connectivity index (χ2n) is 14.7. The van der Waals surface area contributed by atoms with Crippen LogP contribution in [0.15, 0.2) is 150 Å². The van der Waals surface area contributed by atoms with Crippen LogP contribution in [0, 0.1) is 0 Å². The average Bonchev–Trinajstić information content (AvgIpc) is 3.97. The van der Waals surface area contributed by atoms with Gasteiger partial charge in [0.2, 0.25) is 5.82 Å². The number of para-hydroxylation sites is 3. The van der Waals surface area contributed by atoms with E-state index in [1.54, 1.807) is 0 Å². The first-order valence-electron chi connectivity index (χ1n) is 18.2. The summed E-state index contributed by atoms with van der Waals surface area (Å²) in [5.74, 6) is 1.06. The largest absolute Gasteiger partial charge is 0.434 e. The molecule has 0 N–H and O–H groups in total.